The number of nitrogens with two attached hydrogens (primary N) is 1. The van der Waals surface area contributed by atoms with Crippen molar-refractivity contribution in [2.75, 3.05) is 0 Å². The number of pyridine rings is 1. The van der Waals surface area contributed by atoms with Gasteiger partial charge in [0.2, 0.25) is 0 Å². The predicted octanol–water partition coefficient (Wildman–Crippen LogP) is 1.47. The van der Waals surface area contributed by atoms with E-state index in [4.69, 9.17) is 34.0 Å². The molecule has 0 aromatic carbocycles. The van der Waals surface area contributed by atoms with Gasteiger partial charge in [-0.05, 0) is 6.07 Å². The van der Waals surface area contributed by atoms with E-state index in [0.29, 0.717) is 0 Å². The Labute approximate surface area is 84.3 Å². The van der Waals surface area contributed by atoms with Crippen LogP contribution in [0.1, 0.15) is 11.6 Å². The van der Waals surface area contributed by atoms with Crippen LogP contribution in [0.2, 0.25) is 10.2 Å². The van der Waals surface area contributed by atoms with E-state index in [9.17, 15) is 4.79 Å². The molecule has 0 spiro atoms. The fourth-order valence-corrected chi connectivity index (χ4v) is 1.20. The molecule has 1 atom stereocenters. The van der Waals surface area contributed by atoms with Gasteiger partial charge in [0.25, 0.3) is 0 Å². The van der Waals surface area contributed by atoms with Gasteiger partial charge in [-0.15, -0.1) is 0 Å². The number of carboxylic acids is 1. The fraction of sp³-hybridized carbons (Fsp3) is 0.143. The van der Waals surface area contributed by atoms with Gasteiger partial charge in [-0.25, -0.2) is 4.98 Å². The summed E-state index contributed by atoms with van der Waals surface area (Å²) in [5, 5.41) is 8.74. The zero-order chi connectivity index (χ0) is 10.0. The molecule has 4 nitrogen and oxygen atoms in total. The lowest BCUT2D eigenvalue weighted by molar-refractivity contribution is -0.138. The van der Waals surface area contributed by atoms with Gasteiger partial charge >= 0.3 is 5.97 Å². The van der Waals surface area contributed by atoms with Crippen LogP contribution in [0, 0.1) is 0 Å². The van der Waals surface area contributed by atoms with Crippen molar-refractivity contribution < 1.29 is 9.90 Å². The predicted molar refractivity (Wildman–Crippen MR) is 48.8 cm³/mol. The first-order chi connectivity index (χ1) is 6.04. The first-order valence-electron chi connectivity index (χ1n) is 3.32. The Bertz CT molecular complexity index is 343. The third kappa shape index (κ3) is 2.09. The summed E-state index contributed by atoms with van der Waals surface area (Å²) in [6.45, 7) is 0. The van der Waals surface area contributed by atoms with E-state index < -0.39 is 12.0 Å². The summed E-state index contributed by atoms with van der Waals surface area (Å²) >= 11 is 11.3. The fourth-order valence-electron chi connectivity index (χ4n) is 0.805. The second-order valence-corrected chi connectivity index (χ2v) is 3.06. The third-order valence-electron chi connectivity index (χ3n) is 1.48. The second-order valence-electron chi connectivity index (χ2n) is 2.32. The number of nitrogens with zero attached hydrogens (tertiary/aromatic N) is 1. The number of rotatable bonds is 2. The van der Waals surface area contributed by atoms with Crippen molar-refractivity contribution in [1.29, 1.82) is 0 Å². The SMILES string of the molecule is N[C@H](C(=O)O)c1ccnc(Cl)c1Cl. The summed E-state index contributed by atoms with van der Waals surface area (Å²) in [6, 6.07) is 0.250. The standard InChI is InChI=1S/C7H6Cl2N2O2/c8-4-3(5(10)7(12)13)1-2-11-6(4)9/h1-2,5H,10H2,(H,12,13)/t5-/m0/s1. The molecule has 3 N–H and O–H groups in total. The molecule has 0 saturated carbocycles. The Hall–Kier alpha value is -0.840. The molecule has 1 aromatic rings. The summed E-state index contributed by atoms with van der Waals surface area (Å²) in [4.78, 5) is 14.2. The van der Waals surface area contributed by atoms with Crippen LogP contribution in [0.4, 0.5) is 0 Å². The monoisotopic (exact) mass is 220 g/mol. The minimum atomic E-state index is -1.17. The number of halogens is 2. The highest BCUT2D eigenvalue weighted by atomic mass is 35.5. The van der Waals surface area contributed by atoms with Crippen molar-refractivity contribution in [1.82, 2.24) is 4.98 Å². The van der Waals surface area contributed by atoms with Gasteiger partial charge in [-0.1, -0.05) is 23.2 Å². The number of carbonyl (C=O) groups is 1. The molecule has 0 fully saturated rings. The van der Waals surface area contributed by atoms with Crippen LogP contribution >= 0.6 is 23.2 Å². The molecule has 0 amide bonds. The van der Waals surface area contributed by atoms with Gasteiger partial charge in [0.05, 0.1) is 5.02 Å². The van der Waals surface area contributed by atoms with Crippen LogP contribution in [0.15, 0.2) is 12.3 Å². The van der Waals surface area contributed by atoms with Crippen molar-refractivity contribution in [2.45, 2.75) is 6.04 Å². The lowest BCUT2D eigenvalue weighted by Gasteiger charge is -2.08. The number of aliphatic carboxylic acids is 1. The van der Waals surface area contributed by atoms with Crippen molar-refractivity contribution >= 4 is 29.2 Å². The highest BCUT2D eigenvalue weighted by Crippen LogP contribution is 2.26. The van der Waals surface area contributed by atoms with Crippen LogP contribution in [-0.4, -0.2) is 16.1 Å². The minimum absolute atomic E-state index is 0.0517. The maximum Gasteiger partial charge on any atom is 0.325 e. The molecule has 70 valence electrons. The molecule has 13 heavy (non-hydrogen) atoms. The second kappa shape index (κ2) is 3.91. The molecular formula is C7H6Cl2N2O2. The maximum absolute atomic E-state index is 10.5. The Morgan fingerprint density at radius 3 is 2.77 bits per heavy atom. The summed E-state index contributed by atoms with van der Waals surface area (Å²) < 4.78 is 0. The molecule has 1 aromatic heterocycles. The van der Waals surface area contributed by atoms with Gasteiger partial charge in [-0.2, -0.15) is 0 Å². The molecule has 0 aliphatic carbocycles. The number of carboxylic acid groups (broad SMARTS) is 1. The normalized spacial score (nSPS) is 12.5. The summed E-state index contributed by atoms with van der Waals surface area (Å²) in [5.41, 5.74) is 5.60. The molecule has 0 aliphatic rings. The topological polar surface area (TPSA) is 76.2 Å². The van der Waals surface area contributed by atoms with Crippen LogP contribution in [0.5, 0.6) is 0 Å². The molecule has 0 unspecified atom stereocenters. The molecule has 0 bridgehead atoms. The zero-order valence-corrected chi connectivity index (χ0v) is 7.88. The molecular weight excluding hydrogens is 215 g/mol. The highest BCUT2D eigenvalue weighted by Gasteiger charge is 2.18. The van der Waals surface area contributed by atoms with Gasteiger partial charge in [0, 0.05) is 11.8 Å². The van der Waals surface area contributed by atoms with Gasteiger partial charge < -0.3 is 10.8 Å². The summed E-state index contributed by atoms with van der Waals surface area (Å²) in [7, 11) is 0. The maximum atomic E-state index is 10.5. The summed E-state index contributed by atoms with van der Waals surface area (Å²) in [6.07, 6.45) is 1.35. The van der Waals surface area contributed by atoms with E-state index in [1.165, 1.54) is 12.3 Å². The van der Waals surface area contributed by atoms with Crippen LogP contribution in [0.25, 0.3) is 0 Å². The van der Waals surface area contributed by atoms with Crippen molar-refractivity contribution in [3.63, 3.8) is 0 Å². The van der Waals surface area contributed by atoms with E-state index >= 15 is 0 Å². The van der Waals surface area contributed by atoms with E-state index in [0.717, 1.165) is 0 Å². The quantitative estimate of drug-likeness (QED) is 0.741. The number of hydrogen-bond donors (Lipinski definition) is 2. The average molecular weight is 221 g/mol. The van der Waals surface area contributed by atoms with E-state index in [-0.39, 0.29) is 15.7 Å². The molecule has 6 heteroatoms. The van der Waals surface area contributed by atoms with Crippen LogP contribution < -0.4 is 5.73 Å². The highest BCUT2D eigenvalue weighted by molar-refractivity contribution is 6.41. The zero-order valence-electron chi connectivity index (χ0n) is 6.37. The minimum Gasteiger partial charge on any atom is -0.480 e. The first kappa shape index (κ1) is 10.2. The molecule has 1 rings (SSSR count). The van der Waals surface area contributed by atoms with Crippen molar-refractivity contribution in [2.24, 2.45) is 5.73 Å². The number of hydrogen-bond acceptors (Lipinski definition) is 3. The largest absolute Gasteiger partial charge is 0.480 e. The van der Waals surface area contributed by atoms with Gasteiger partial charge in [0.15, 0.2) is 0 Å². The van der Waals surface area contributed by atoms with Gasteiger partial charge in [0.1, 0.15) is 11.2 Å². The van der Waals surface area contributed by atoms with Crippen molar-refractivity contribution in [3.05, 3.63) is 28.0 Å². The number of aromatic nitrogens is 1. The average Bonchev–Trinajstić information content (AvgIpc) is 2.08. The summed E-state index contributed by atoms with van der Waals surface area (Å²) in [5.74, 6) is -1.16. The molecule has 0 radical (unpaired) electrons. The van der Waals surface area contributed by atoms with Crippen LogP contribution in [0.3, 0.4) is 0 Å². The first-order valence-corrected chi connectivity index (χ1v) is 4.08. The van der Waals surface area contributed by atoms with Crippen LogP contribution in [-0.2, 0) is 4.79 Å². The Balaban J connectivity index is 3.15. The van der Waals surface area contributed by atoms with Crippen molar-refractivity contribution in [3.8, 4) is 0 Å². The Morgan fingerprint density at radius 1 is 1.62 bits per heavy atom. The third-order valence-corrected chi connectivity index (χ3v) is 2.26. The lowest BCUT2D eigenvalue weighted by Crippen LogP contribution is -2.21. The van der Waals surface area contributed by atoms with E-state index in [1.807, 2.05) is 0 Å². The van der Waals surface area contributed by atoms with Gasteiger partial charge in [-0.3, -0.25) is 4.79 Å². The molecule has 1 heterocycles. The molecule has 0 saturated heterocycles. The van der Waals surface area contributed by atoms with E-state index in [1.54, 1.807) is 0 Å². The lowest BCUT2D eigenvalue weighted by atomic mass is 10.1. The smallest absolute Gasteiger partial charge is 0.325 e. The Kier molecular flexibility index (Phi) is 3.08. The molecule has 0 aliphatic heterocycles. The van der Waals surface area contributed by atoms with E-state index in [2.05, 4.69) is 4.98 Å². The Morgan fingerprint density at radius 2 is 2.23 bits per heavy atom.